The van der Waals surface area contributed by atoms with Crippen LogP contribution in [0.1, 0.15) is 12.5 Å². The van der Waals surface area contributed by atoms with Gasteiger partial charge in [0.25, 0.3) is 0 Å². The molecule has 3 nitrogen and oxygen atoms in total. The largest absolute Gasteiger partial charge is 0.493 e. The van der Waals surface area contributed by atoms with Crippen molar-refractivity contribution >= 4 is 0 Å². The summed E-state index contributed by atoms with van der Waals surface area (Å²) in [6.45, 7) is 4.02. The second-order valence-electron chi connectivity index (χ2n) is 4.21. The van der Waals surface area contributed by atoms with E-state index >= 15 is 0 Å². The minimum Gasteiger partial charge on any atom is -0.493 e. The quantitative estimate of drug-likeness (QED) is 0.840. The van der Waals surface area contributed by atoms with Crippen LogP contribution >= 0.6 is 0 Å². The Kier molecular flexibility index (Phi) is 3.80. The van der Waals surface area contributed by atoms with Gasteiger partial charge in [-0.15, -0.1) is 0 Å². The van der Waals surface area contributed by atoms with Gasteiger partial charge in [-0.05, 0) is 25.0 Å². The van der Waals surface area contributed by atoms with E-state index in [9.17, 15) is 0 Å². The Balaban J connectivity index is 1.97. The highest BCUT2D eigenvalue weighted by atomic mass is 16.5. The number of fused-ring (bicyclic) bond motifs is 1. The van der Waals surface area contributed by atoms with E-state index in [0.717, 1.165) is 18.8 Å². The maximum atomic E-state index is 6.09. The topological polar surface area (TPSA) is 44.5 Å². The van der Waals surface area contributed by atoms with Crippen LogP contribution in [0.25, 0.3) is 0 Å². The molecule has 3 heteroatoms. The molecule has 0 saturated carbocycles. The number of hydrogen-bond acceptors (Lipinski definition) is 3. The number of nitrogens with two attached hydrogens (primary N) is 1. The standard InChI is InChI=1S/C13H19NO2/c1-2-15-9-12(14)11-7-10-5-3-4-6-13(10)16-8-11/h3-6,11-12H,2,7-9,14H2,1H3. The molecular weight excluding hydrogens is 202 g/mol. The van der Waals surface area contributed by atoms with E-state index in [-0.39, 0.29) is 6.04 Å². The summed E-state index contributed by atoms with van der Waals surface area (Å²) in [7, 11) is 0. The van der Waals surface area contributed by atoms with Gasteiger partial charge in [0.05, 0.1) is 13.2 Å². The lowest BCUT2D eigenvalue weighted by Crippen LogP contribution is -2.41. The summed E-state index contributed by atoms with van der Waals surface area (Å²) >= 11 is 0. The Morgan fingerprint density at radius 1 is 1.50 bits per heavy atom. The fourth-order valence-electron chi connectivity index (χ4n) is 2.02. The molecular formula is C13H19NO2. The summed E-state index contributed by atoms with van der Waals surface area (Å²) in [6, 6.07) is 8.22. The van der Waals surface area contributed by atoms with E-state index in [0.29, 0.717) is 19.1 Å². The van der Waals surface area contributed by atoms with E-state index in [1.165, 1.54) is 5.56 Å². The fourth-order valence-corrected chi connectivity index (χ4v) is 2.02. The van der Waals surface area contributed by atoms with Crippen LogP contribution in [0.15, 0.2) is 24.3 Å². The summed E-state index contributed by atoms with van der Waals surface area (Å²) in [5, 5.41) is 0. The summed E-state index contributed by atoms with van der Waals surface area (Å²) in [6.07, 6.45) is 0.990. The van der Waals surface area contributed by atoms with Crippen molar-refractivity contribution in [3.05, 3.63) is 29.8 Å². The maximum Gasteiger partial charge on any atom is 0.122 e. The molecule has 2 unspecified atom stereocenters. The second-order valence-corrected chi connectivity index (χ2v) is 4.21. The number of hydrogen-bond donors (Lipinski definition) is 1. The Morgan fingerprint density at radius 2 is 2.31 bits per heavy atom. The van der Waals surface area contributed by atoms with E-state index in [1.807, 2.05) is 25.1 Å². The summed E-state index contributed by atoms with van der Waals surface area (Å²) in [5.41, 5.74) is 7.34. The van der Waals surface area contributed by atoms with Crippen molar-refractivity contribution in [3.63, 3.8) is 0 Å². The average Bonchev–Trinajstić information content (AvgIpc) is 2.35. The van der Waals surface area contributed by atoms with Crippen molar-refractivity contribution in [1.82, 2.24) is 0 Å². The maximum absolute atomic E-state index is 6.09. The van der Waals surface area contributed by atoms with Crippen LogP contribution in [0.4, 0.5) is 0 Å². The molecule has 0 aromatic heterocycles. The molecule has 2 N–H and O–H groups in total. The molecule has 1 aromatic rings. The lowest BCUT2D eigenvalue weighted by atomic mass is 9.91. The van der Waals surface area contributed by atoms with Gasteiger partial charge in [0.2, 0.25) is 0 Å². The van der Waals surface area contributed by atoms with Gasteiger partial charge in [-0.2, -0.15) is 0 Å². The van der Waals surface area contributed by atoms with E-state index < -0.39 is 0 Å². The molecule has 0 spiro atoms. The van der Waals surface area contributed by atoms with Gasteiger partial charge in [0, 0.05) is 18.6 Å². The molecule has 0 aliphatic carbocycles. The normalized spacial score (nSPS) is 21.0. The van der Waals surface area contributed by atoms with Crippen molar-refractivity contribution in [3.8, 4) is 5.75 Å². The van der Waals surface area contributed by atoms with Gasteiger partial charge >= 0.3 is 0 Å². The monoisotopic (exact) mass is 221 g/mol. The van der Waals surface area contributed by atoms with Gasteiger partial charge in [-0.1, -0.05) is 18.2 Å². The molecule has 0 radical (unpaired) electrons. The minimum absolute atomic E-state index is 0.0632. The molecule has 1 heterocycles. The van der Waals surface area contributed by atoms with Crippen LogP contribution in [0.5, 0.6) is 5.75 Å². The number of ether oxygens (including phenoxy) is 2. The van der Waals surface area contributed by atoms with Gasteiger partial charge in [0.15, 0.2) is 0 Å². The van der Waals surface area contributed by atoms with E-state index in [4.69, 9.17) is 15.2 Å². The Hall–Kier alpha value is -1.06. The zero-order valence-electron chi connectivity index (χ0n) is 9.69. The first-order valence-corrected chi connectivity index (χ1v) is 5.85. The molecule has 2 rings (SSSR count). The summed E-state index contributed by atoms with van der Waals surface area (Å²) in [4.78, 5) is 0. The third-order valence-corrected chi connectivity index (χ3v) is 3.03. The number of rotatable bonds is 4. The van der Waals surface area contributed by atoms with E-state index in [2.05, 4.69) is 6.07 Å². The van der Waals surface area contributed by atoms with Gasteiger partial charge in [-0.25, -0.2) is 0 Å². The van der Waals surface area contributed by atoms with Crippen molar-refractivity contribution in [2.24, 2.45) is 11.7 Å². The van der Waals surface area contributed by atoms with Gasteiger partial charge in [-0.3, -0.25) is 0 Å². The molecule has 1 aliphatic heterocycles. The third-order valence-electron chi connectivity index (χ3n) is 3.03. The van der Waals surface area contributed by atoms with E-state index in [1.54, 1.807) is 0 Å². The average molecular weight is 221 g/mol. The SMILES string of the molecule is CCOCC(N)C1COc2ccccc2C1. The van der Waals surface area contributed by atoms with Crippen LogP contribution in [-0.4, -0.2) is 25.9 Å². The fraction of sp³-hybridized carbons (Fsp3) is 0.538. The van der Waals surface area contributed by atoms with Crippen LogP contribution in [-0.2, 0) is 11.2 Å². The smallest absolute Gasteiger partial charge is 0.122 e. The molecule has 88 valence electrons. The molecule has 0 amide bonds. The summed E-state index contributed by atoms with van der Waals surface area (Å²) in [5.74, 6) is 1.36. The first-order valence-electron chi connectivity index (χ1n) is 5.85. The number of benzene rings is 1. The highest BCUT2D eigenvalue weighted by Gasteiger charge is 2.24. The molecule has 1 aliphatic rings. The zero-order chi connectivity index (χ0) is 11.4. The predicted molar refractivity (Wildman–Crippen MR) is 63.6 cm³/mol. The zero-order valence-corrected chi connectivity index (χ0v) is 9.69. The lowest BCUT2D eigenvalue weighted by molar-refractivity contribution is 0.0965. The van der Waals surface area contributed by atoms with Crippen LogP contribution in [0.2, 0.25) is 0 Å². The van der Waals surface area contributed by atoms with Crippen molar-refractivity contribution in [1.29, 1.82) is 0 Å². The van der Waals surface area contributed by atoms with Crippen molar-refractivity contribution in [2.45, 2.75) is 19.4 Å². The minimum atomic E-state index is 0.0632. The predicted octanol–water partition coefficient (Wildman–Crippen LogP) is 1.60. The van der Waals surface area contributed by atoms with Crippen molar-refractivity contribution in [2.75, 3.05) is 19.8 Å². The second kappa shape index (κ2) is 5.32. The molecule has 0 saturated heterocycles. The molecule has 0 bridgehead atoms. The molecule has 1 aromatic carbocycles. The highest BCUT2D eigenvalue weighted by molar-refractivity contribution is 5.35. The van der Waals surface area contributed by atoms with Crippen LogP contribution in [0.3, 0.4) is 0 Å². The highest BCUT2D eigenvalue weighted by Crippen LogP contribution is 2.27. The van der Waals surface area contributed by atoms with Crippen LogP contribution < -0.4 is 10.5 Å². The Bertz CT molecular complexity index is 340. The Labute approximate surface area is 96.5 Å². The van der Waals surface area contributed by atoms with Gasteiger partial charge in [0.1, 0.15) is 5.75 Å². The summed E-state index contributed by atoms with van der Waals surface area (Å²) < 4.78 is 11.1. The van der Waals surface area contributed by atoms with Crippen molar-refractivity contribution < 1.29 is 9.47 Å². The lowest BCUT2D eigenvalue weighted by Gasteiger charge is -2.29. The first-order chi connectivity index (χ1) is 7.81. The third kappa shape index (κ3) is 2.54. The van der Waals surface area contributed by atoms with Gasteiger partial charge < -0.3 is 15.2 Å². The molecule has 0 fully saturated rings. The Morgan fingerprint density at radius 3 is 3.12 bits per heavy atom. The van der Waals surface area contributed by atoms with Crippen LogP contribution in [0, 0.1) is 5.92 Å². The first kappa shape index (κ1) is 11.4. The molecule has 16 heavy (non-hydrogen) atoms. The number of para-hydroxylation sites is 1. The molecule has 2 atom stereocenters.